The van der Waals surface area contributed by atoms with Gasteiger partial charge in [-0.25, -0.2) is 9.97 Å². The van der Waals surface area contributed by atoms with Gasteiger partial charge in [-0.3, -0.25) is 0 Å². The van der Waals surface area contributed by atoms with Crippen molar-refractivity contribution in [2.24, 2.45) is 5.92 Å². The van der Waals surface area contributed by atoms with Crippen LogP contribution in [0.4, 0.5) is 0 Å². The molecule has 1 heterocycles. The molecule has 3 rings (SSSR count). The number of hydrogen-bond donors (Lipinski definition) is 0. The molecule has 0 unspecified atom stereocenters. The van der Waals surface area contributed by atoms with Crippen molar-refractivity contribution in [3.8, 4) is 17.1 Å². The number of benzene rings is 1. The second kappa shape index (κ2) is 18.4. The summed E-state index contributed by atoms with van der Waals surface area (Å²) >= 11 is 0. The number of nitrogens with zero attached hydrogens (tertiary/aromatic N) is 2. The minimum Gasteiger partial charge on any atom is -0.494 e. The maximum Gasteiger partial charge on any atom is 0.159 e. The summed E-state index contributed by atoms with van der Waals surface area (Å²) in [7, 11) is 0. The van der Waals surface area contributed by atoms with E-state index in [-0.39, 0.29) is 0 Å². The van der Waals surface area contributed by atoms with Crippen molar-refractivity contribution in [3.05, 3.63) is 42.2 Å². The minimum absolute atomic E-state index is 0.800. The Labute approximate surface area is 221 Å². The molecular weight excluding hydrogens is 440 g/mol. The molecule has 1 aliphatic rings. The number of aryl methyl sites for hydroxylation is 1. The van der Waals surface area contributed by atoms with Crippen LogP contribution in [0.1, 0.15) is 134 Å². The first kappa shape index (κ1) is 28.7. The van der Waals surface area contributed by atoms with Gasteiger partial charge in [0, 0.05) is 18.0 Å². The van der Waals surface area contributed by atoms with Crippen LogP contribution in [0.5, 0.6) is 5.75 Å². The third-order valence-electron chi connectivity index (χ3n) is 7.89. The maximum absolute atomic E-state index is 5.96. The number of rotatable bonds is 20. The lowest BCUT2D eigenvalue weighted by Gasteiger charge is -2.09. The van der Waals surface area contributed by atoms with Crippen LogP contribution in [-0.2, 0) is 6.42 Å². The highest BCUT2D eigenvalue weighted by Crippen LogP contribution is 2.29. The number of ether oxygens (including phenoxy) is 1. The fraction of sp³-hybridized carbons (Fsp3) is 0.697. The van der Waals surface area contributed by atoms with Gasteiger partial charge < -0.3 is 4.74 Å². The van der Waals surface area contributed by atoms with Crippen LogP contribution < -0.4 is 4.74 Å². The Hall–Kier alpha value is -1.90. The van der Waals surface area contributed by atoms with Gasteiger partial charge in [0.2, 0.25) is 0 Å². The molecule has 0 amide bonds. The lowest BCUT2D eigenvalue weighted by atomic mass is 9.99. The van der Waals surface area contributed by atoms with Crippen molar-refractivity contribution in [2.45, 2.75) is 135 Å². The van der Waals surface area contributed by atoms with Crippen LogP contribution in [0.2, 0.25) is 0 Å². The number of hydrogen-bond acceptors (Lipinski definition) is 3. The highest BCUT2D eigenvalue weighted by molar-refractivity contribution is 5.55. The van der Waals surface area contributed by atoms with Crippen LogP contribution in [0, 0.1) is 5.92 Å². The Kier molecular flexibility index (Phi) is 14.6. The average Bonchev–Trinajstić information content (AvgIpc) is 3.44. The van der Waals surface area contributed by atoms with Gasteiger partial charge in [0.05, 0.1) is 6.61 Å². The molecule has 1 aromatic carbocycles. The molecule has 0 spiro atoms. The van der Waals surface area contributed by atoms with E-state index in [1.807, 2.05) is 12.4 Å². The van der Waals surface area contributed by atoms with Crippen molar-refractivity contribution >= 4 is 0 Å². The second-order valence-corrected chi connectivity index (χ2v) is 11.1. The third-order valence-corrected chi connectivity index (χ3v) is 7.89. The molecule has 1 fully saturated rings. The molecule has 0 N–H and O–H groups in total. The summed E-state index contributed by atoms with van der Waals surface area (Å²) in [5.41, 5.74) is 2.30. The molecule has 0 aliphatic heterocycles. The van der Waals surface area contributed by atoms with Gasteiger partial charge in [-0.05, 0) is 55.0 Å². The Morgan fingerprint density at radius 1 is 0.694 bits per heavy atom. The Balaban J connectivity index is 1.21. The van der Waals surface area contributed by atoms with Crippen molar-refractivity contribution < 1.29 is 4.74 Å². The molecule has 2 aromatic rings. The van der Waals surface area contributed by atoms with Gasteiger partial charge >= 0.3 is 0 Å². The van der Waals surface area contributed by atoms with E-state index in [9.17, 15) is 0 Å². The molecule has 36 heavy (non-hydrogen) atoms. The van der Waals surface area contributed by atoms with Crippen molar-refractivity contribution in [1.29, 1.82) is 0 Å². The van der Waals surface area contributed by atoms with E-state index in [1.165, 1.54) is 121 Å². The van der Waals surface area contributed by atoms with Crippen molar-refractivity contribution in [3.63, 3.8) is 0 Å². The van der Waals surface area contributed by atoms with E-state index in [2.05, 4.69) is 41.2 Å². The average molecular weight is 493 g/mol. The van der Waals surface area contributed by atoms with Gasteiger partial charge in [0.1, 0.15) is 5.75 Å². The zero-order valence-corrected chi connectivity index (χ0v) is 23.2. The molecule has 200 valence electrons. The second-order valence-electron chi connectivity index (χ2n) is 11.1. The maximum atomic E-state index is 5.96. The van der Waals surface area contributed by atoms with Crippen molar-refractivity contribution in [1.82, 2.24) is 9.97 Å². The SMILES string of the molecule is CCCCCCCCCCc1cnc(-c2ccc(OCCCCCCCCC3CCCC3)cc2)nc1. The monoisotopic (exact) mass is 492 g/mol. The summed E-state index contributed by atoms with van der Waals surface area (Å²) in [6, 6.07) is 8.26. The van der Waals surface area contributed by atoms with Crippen LogP contribution in [0.3, 0.4) is 0 Å². The molecular formula is C33H52N2O. The van der Waals surface area contributed by atoms with Crippen molar-refractivity contribution in [2.75, 3.05) is 6.61 Å². The first-order valence-corrected chi connectivity index (χ1v) is 15.4. The first-order valence-electron chi connectivity index (χ1n) is 15.4. The highest BCUT2D eigenvalue weighted by atomic mass is 16.5. The summed E-state index contributed by atoms with van der Waals surface area (Å²) in [6.07, 6.45) is 31.4. The predicted molar refractivity (Wildman–Crippen MR) is 154 cm³/mol. The molecule has 0 radical (unpaired) electrons. The van der Waals surface area contributed by atoms with Crippen LogP contribution in [0.15, 0.2) is 36.7 Å². The summed E-state index contributed by atoms with van der Waals surface area (Å²) in [5.74, 6) is 2.80. The standard InChI is InChI=1S/C33H52N2O/c1-2-3-4-5-6-7-11-14-21-30-27-34-33(35-28-30)31-22-24-32(25-23-31)36-26-17-12-9-8-10-13-18-29-19-15-16-20-29/h22-25,27-29H,2-21,26H2,1H3. The van der Waals surface area contributed by atoms with Gasteiger partial charge in [-0.2, -0.15) is 0 Å². The van der Waals surface area contributed by atoms with Gasteiger partial charge in [0.25, 0.3) is 0 Å². The minimum atomic E-state index is 0.800. The molecule has 3 nitrogen and oxygen atoms in total. The largest absolute Gasteiger partial charge is 0.494 e. The molecule has 1 saturated carbocycles. The normalized spacial score (nSPS) is 13.9. The number of aromatic nitrogens is 2. The number of unbranched alkanes of at least 4 members (excludes halogenated alkanes) is 12. The Bertz CT molecular complexity index is 780. The molecule has 1 aliphatic carbocycles. The highest BCUT2D eigenvalue weighted by Gasteiger charge is 2.13. The fourth-order valence-corrected chi connectivity index (χ4v) is 5.53. The predicted octanol–water partition coefficient (Wildman–Crippen LogP) is 10.1. The first-order chi connectivity index (χ1) is 17.8. The molecule has 3 heteroatoms. The van der Waals surface area contributed by atoms with E-state index in [0.29, 0.717) is 0 Å². The summed E-state index contributed by atoms with van der Waals surface area (Å²) in [5, 5.41) is 0. The van der Waals surface area contributed by atoms with E-state index >= 15 is 0 Å². The smallest absolute Gasteiger partial charge is 0.159 e. The van der Waals surface area contributed by atoms with Crippen LogP contribution in [0.25, 0.3) is 11.4 Å². The third kappa shape index (κ3) is 11.9. The van der Waals surface area contributed by atoms with Gasteiger partial charge in [-0.15, -0.1) is 0 Å². The van der Waals surface area contributed by atoms with E-state index in [0.717, 1.165) is 42.5 Å². The zero-order valence-electron chi connectivity index (χ0n) is 23.2. The van der Waals surface area contributed by atoms with E-state index < -0.39 is 0 Å². The lowest BCUT2D eigenvalue weighted by molar-refractivity contribution is 0.304. The van der Waals surface area contributed by atoms with Crippen LogP contribution >= 0.6 is 0 Å². The molecule has 0 bridgehead atoms. The summed E-state index contributed by atoms with van der Waals surface area (Å²) in [6.45, 7) is 3.09. The quantitative estimate of drug-likeness (QED) is 0.172. The van der Waals surface area contributed by atoms with E-state index in [1.54, 1.807) is 0 Å². The summed E-state index contributed by atoms with van der Waals surface area (Å²) < 4.78 is 5.96. The zero-order chi connectivity index (χ0) is 25.1. The molecule has 1 aromatic heterocycles. The Morgan fingerprint density at radius 2 is 1.28 bits per heavy atom. The topological polar surface area (TPSA) is 35.0 Å². The van der Waals surface area contributed by atoms with Gasteiger partial charge in [-0.1, -0.05) is 116 Å². The van der Waals surface area contributed by atoms with Crippen LogP contribution in [-0.4, -0.2) is 16.6 Å². The molecule has 0 atom stereocenters. The van der Waals surface area contributed by atoms with E-state index in [4.69, 9.17) is 4.74 Å². The van der Waals surface area contributed by atoms with Gasteiger partial charge in [0.15, 0.2) is 5.82 Å². The lowest BCUT2D eigenvalue weighted by Crippen LogP contribution is -1.98. The fourth-order valence-electron chi connectivity index (χ4n) is 5.53. The summed E-state index contributed by atoms with van der Waals surface area (Å²) in [4.78, 5) is 9.23. The molecule has 0 saturated heterocycles. The Morgan fingerprint density at radius 3 is 1.94 bits per heavy atom.